The fourth-order valence-electron chi connectivity index (χ4n) is 1.42. The van der Waals surface area contributed by atoms with Gasteiger partial charge in [0.05, 0.1) is 18.0 Å². The summed E-state index contributed by atoms with van der Waals surface area (Å²) in [5.41, 5.74) is 5.77. The standard InChI is InChI=1S/C10H20N2O/c1-8(2)9(11)12-7-10(13-3)5-4-6-10/h8H,4-7H2,1-3H3,(H2,11,12). The molecule has 76 valence electrons. The van der Waals surface area contributed by atoms with Gasteiger partial charge in [-0.15, -0.1) is 0 Å². The lowest BCUT2D eigenvalue weighted by molar-refractivity contribution is -0.0630. The van der Waals surface area contributed by atoms with Crippen LogP contribution in [0.1, 0.15) is 33.1 Å². The summed E-state index contributed by atoms with van der Waals surface area (Å²) >= 11 is 0. The number of hydrogen-bond acceptors (Lipinski definition) is 2. The van der Waals surface area contributed by atoms with Crippen LogP contribution in [0, 0.1) is 5.92 Å². The van der Waals surface area contributed by atoms with Crippen molar-refractivity contribution in [2.75, 3.05) is 13.7 Å². The van der Waals surface area contributed by atoms with Gasteiger partial charge in [-0.1, -0.05) is 13.8 Å². The molecule has 13 heavy (non-hydrogen) atoms. The lowest BCUT2D eigenvalue weighted by Gasteiger charge is -2.39. The van der Waals surface area contributed by atoms with E-state index in [1.165, 1.54) is 6.42 Å². The minimum atomic E-state index is 0.0134. The predicted octanol–water partition coefficient (Wildman–Crippen LogP) is 1.57. The SMILES string of the molecule is COC1(CN=C(N)C(C)C)CCC1. The lowest BCUT2D eigenvalue weighted by Crippen LogP contribution is -2.42. The molecule has 0 spiro atoms. The van der Waals surface area contributed by atoms with Crippen LogP contribution in [0.3, 0.4) is 0 Å². The van der Waals surface area contributed by atoms with Crippen LogP contribution in [-0.4, -0.2) is 25.1 Å². The Hall–Kier alpha value is -0.570. The minimum absolute atomic E-state index is 0.0134. The van der Waals surface area contributed by atoms with Gasteiger partial charge < -0.3 is 10.5 Å². The zero-order valence-electron chi connectivity index (χ0n) is 8.84. The molecule has 1 fully saturated rings. The summed E-state index contributed by atoms with van der Waals surface area (Å²) in [7, 11) is 1.76. The monoisotopic (exact) mass is 184 g/mol. The first-order valence-electron chi connectivity index (χ1n) is 4.94. The number of ether oxygens (including phenoxy) is 1. The molecular weight excluding hydrogens is 164 g/mol. The Morgan fingerprint density at radius 3 is 2.46 bits per heavy atom. The first kappa shape index (κ1) is 10.5. The Kier molecular flexibility index (Phi) is 3.31. The molecule has 0 heterocycles. The summed E-state index contributed by atoms with van der Waals surface area (Å²) < 4.78 is 5.44. The highest BCUT2D eigenvalue weighted by molar-refractivity contribution is 5.82. The summed E-state index contributed by atoms with van der Waals surface area (Å²) in [5.74, 6) is 1.08. The van der Waals surface area contributed by atoms with Gasteiger partial charge in [-0.05, 0) is 19.3 Å². The van der Waals surface area contributed by atoms with Crippen molar-refractivity contribution in [3.63, 3.8) is 0 Å². The maximum atomic E-state index is 5.75. The van der Waals surface area contributed by atoms with Crippen molar-refractivity contribution >= 4 is 5.84 Å². The van der Waals surface area contributed by atoms with Crippen molar-refractivity contribution in [1.82, 2.24) is 0 Å². The van der Waals surface area contributed by atoms with Gasteiger partial charge in [-0.3, -0.25) is 4.99 Å². The molecule has 1 aliphatic rings. The van der Waals surface area contributed by atoms with E-state index < -0.39 is 0 Å². The van der Waals surface area contributed by atoms with Gasteiger partial charge in [0.2, 0.25) is 0 Å². The number of nitrogens with two attached hydrogens (primary N) is 1. The molecule has 1 aliphatic carbocycles. The Morgan fingerprint density at radius 1 is 1.54 bits per heavy atom. The Morgan fingerprint density at radius 2 is 2.15 bits per heavy atom. The van der Waals surface area contributed by atoms with Crippen LogP contribution < -0.4 is 5.73 Å². The highest BCUT2D eigenvalue weighted by atomic mass is 16.5. The van der Waals surface area contributed by atoms with Crippen molar-refractivity contribution in [3.05, 3.63) is 0 Å². The second-order valence-electron chi connectivity index (χ2n) is 4.14. The van der Waals surface area contributed by atoms with Crippen molar-refractivity contribution in [2.45, 2.75) is 38.7 Å². The molecule has 1 rings (SSSR count). The topological polar surface area (TPSA) is 47.6 Å². The average Bonchev–Trinajstić information content (AvgIpc) is 2.02. The third-order valence-electron chi connectivity index (χ3n) is 2.84. The largest absolute Gasteiger partial charge is 0.387 e. The maximum absolute atomic E-state index is 5.75. The second-order valence-corrected chi connectivity index (χ2v) is 4.14. The summed E-state index contributed by atoms with van der Waals surface area (Å²) in [6.45, 7) is 4.84. The van der Waals surface area contributed by atoms with E-state index in [0.29, 0.717) is 5.92 Å². The molecule has 0 radical (unpaired) electrons. The van der Waals surface area contributed by atoms with E-state index in [1.54, 1.807) is 7.11 Å². The van der Waals surface area contributed by atoms with E-state index in [0.717, 1.165) is 25.2 Å². The fraction of sp³-hybridized carbons (Fsp3) is 0.900. The zero-order valence-corrected chi connectivity index (χ0v) is 8.84. The predicted molar refractivity (Wildman–Crippen MR) is 54.9 cm³/mol. The molecule has 0 saturated heterocycles. The van der Waals surface area contributed by atoms with Gasteiger partial charge in [-0.2, -0.15) is 0 Å². The van der Waals surface area contributed by atoms with Crippen LogP contribution in [0.25, 0.3) is 0 Å². The highest BCUT2D eigenvalue weighted by Crippen LogP contribution is 2.35. The summed E-state index contributed by atoms with van der Waals surface area (Å²) in [4.78, 5) is 4.36. The molecule has 3 nitrogen and oxygen atoms in total. The molecule has 0 unspecified atom stereocenters. The first-order valence-corrected chi connectivity index (χ1v) is 4.94. The minimum Gasteiger partial charge on any atom is -0.387 e. The van der Waals surface area contributed by atoms with E-state index in [-0.39, 0.29) is 5.60 Å². The number of hydrogen-bond donors (Lipinski definition) is 1. The van der Waals surface area contributed by atoms with Crippen molar-refractivity contribution < 1.29 is 4.74 Å². The van der Waals surface area contributed by atoms with Crippen LogP contribution in [0.15, 0.2) is 4.99 Å². The first-order chi connectivity index (χ1) is 6.09. The Balaban J connectivity index is 2.44. The molecule has 0 aromatic heterocycles. The molecule has 2 N–H and O–H groups in total. The van der Waals surface area contributed by atoms with E-state index >= 15 is 0 Å². The number of amidine groups is 1. The molecule has 0 bridgehead atoms. The second kappa shape index (κ2) is 4.09. The molecular formula is C10H20N2O. The normalized spacial score (nSPS) is 21.7. The van der Waals surface area contributed by atoms with E-state index in [4.69, 9.17) is 10.5 Å². The van der Waals surface area contributed by atoms with E-state index in [9.17, 15) is 0 Å². The number of methoxy groups -OCH3 is 1. The maximum Gasteiger partial charge on any atom is 0.0964 e. The molecule has 3 heteroatoms. The van der Waals surface area contributed by atoms with Crippen molar-refractivity contribution in [1.29, 1.82) is 0 Å². The van der Waals surface area contributed by atoms with Crippen LogP contribution in [0.5, 0.6) is 0 Å². The molecule has 1 saturated carbocycles. The quantitative estimate of drug-likeness (QED) is 0.532. The summed E-state index contributed by atoms with van der Waals surface area (Å²) in [6, 6.07) is 0. The zero-order chi connectivity index (χ0) is 9.90. The molecule has 0 amide bonds. The number of aliphatic imine (C=N–C) groups is 1. The smallest absolute Gasteiger partial charge is 0.0964 e. The summed E-state index contributed by atoms with van der Waals surface area (Å²) in [6.07, 6.45) is 3.50. The Labute approximate surface area is 80.4 Å². The van der Waals surface area contributed by atoms with Crippen LogP contribution in [0.2, 0.25) is 0 Å². The summed E-state index contributed by atoms with van der Waals surface area (Å²) in [5, 5.41) is 0. The van der Waals surface area contributed by atoms with E-state index in [1.807, 2.05) is 0 Å². The number of rotatable bonds is 4. The van der Waals surface area contributed by atoms with Gasteiger partial charge in [-0.25, -0.2) is 0 Å². The van der Waals surface area contributed by atoms with Gasteiger partial charge in [0.1, 0.15) is 0 Å². The van der Waals surface area contributed by atoms with Gasteiger partial charge in [0, 0.05) is 13.0 Å². The molecule has 0 aromatic carbocycles. The van der Waals surface area contributed by atoms with Gasteiger partial charge in [0.25, 0.3) is 0 Å². The van der Waals surface area contributed by atoms with Gasteiger partial charge >= 0.3 is 0 Å². The van der Waals surface area contributed by atoms with Crippen molar-refractivity contribution in [2.24, 2.45) is 16.6 Å². The van der Waals surface area contributed by atoms with Crippen LogP contribution >= 0.6 is 0 Å². The van der Waals surface area contributed by atoms with Crippen LogP contribution in [-0.2, 0) is 4.74 Å². The lowest BCUT2D eigenvalue weighted by atomic mass is 9.80. The van der Waals surface area contributed by atoms with Gasteiger partial charge in [0.15, 0.2) is 0 Å². The third kappa shape index (κ3) is 2.44. The molecule has 0 aromatic rings. The average molecular weight is 184 g/mol. The van der Waals surface area contributed by atoms with Crippen molar-refractivity contribution in [3.8, 4) is 0 Å². The fourth-order valence-corrected chi connectivity index (χ4v) is 1.42. The van der Waals surface area contributed by atoms with E-state index in [2.05, 4.69) is 18.8 Å². The molecule has 0 atom stereocenters. The number of nitrogens with zero attached hydrogens (tertiary/aromatic N) is 1. The van der Waals surface area contributed by atoms with Crippen LogP contribution in [0.4, 0.5) is 0 Å². The Bertz CT molecular complexity index is 190. The molecule has 0 aliphatic heterocycles. The highest BCUT2D eigenvalue weighted by Gasteiger charge is 2.36. The third-order valence-corrected chi connectivity index (χ3v) is 2.84.